The van der Waals surface area contributed by atoms with Gasteiger partial charge in [0.2, 0.25) is 0 Å². The van der Waals surface area contributed by atoms with Crippen molar-refractivity contribution >= 4 is 11.6 Å². The van der Waals surface area contributed by atoms with E-state index in [0.717, 1.165) is 19.3 Å². The summed E-state index contributed by atoms with van der Waals surface area (Å²) < 4.78 is 12.7. The van der Waals surface area contributed by atoms with Gasteiger partial charge in [0.15, 0.2) is 11.6 Å². The van der Waals surface area contributed by atoms with E-state index in [1.807, 2.05) is 12.2 Å². The van der Waals surface area contributed by atoms with Crippen molar-refractivity contribution in [2.75, 3.05) is 0 Å². The predicted octanol–water partition coefficient (Wildman–Crippen LogP) is 6.38. The molecular formula is C26H40O4. The van der Waals surface area contributed by atoms with Crippen LogP contribution < -0.4 is 0 Å². The van der Waals surface area contributed by atoms with Crippen LogP contribution in [-0.2, 0) is 19.1 Å². The molecule has 2 fully saturated rings. The molecular weight excluding hydrogens is 376 g/mol. The zero-order valence-corrected chi connectivity index (χ0v) is 18.8. The highest BCUT2D eigenvalue weighted by Crippen LogP contribution is 2.46. The standard InChI is InChI=1S/C26H40O4/c1-2-3-4-5-6-7-8-9-10-11-12-13-24-20-23(28)21-26(29-24)19-18-25(30-26)16-14-22(27)15-17-25/h14-17,24H,2-13,18-21H2,1H3/t24-,26-/m1/s1. The van der Waals surface area contributed by atoms with Crippen LogP contribution in [0, 0.1) is 0 Å². The molecule has 4 heteroatoms. The number of ether oxygens (including phenoxy) is 2. The number of unbranched alkanes of at least 4 members (excludes halogenated alkanes) is 10. The third-order valence-corrected chi connectivity index (χ3v) is 6.77. The summed E-state index contributed by atoms with van der Waals surface area (Å²) in [5.41, 5.74) is -0.577. The Morgan fingerprint density at radius 3 is 2.10 bits per heavy atom. The van der Waals surface area contributed by atoms with Gasteiger partial charge in [-0.25, -0.2) is 0 Å². The molecule has 30 heavy (non-hydrogen) atoms. The number of allylic oxidation sites excluding steroid dienone is 2. The molecule has 3 rings (SSSR count). The highest BCUT2D eigenvalue weighted by molar-refractivity contribution is 6.00. The van der Waals surface area contributed by atoms with Crippen LogP contribution >= 0.6 is 0 Å². The van der Waals surface area contributed by atoms with Gasteiger partial charge in [-0.1, -0.05) is 77.6 Å². The maximum atomic E-state index is 12.4. The Kier molecular flexibility index (Phi) is 8.88. The Hall–Kier alpha value is -1.26. The number of hydrogen-bond acceptors (Lipinski definition) is 4. The molecule has 168 valence electrons. The Morgan fingerprint density at radius 2 is 1.47 bits per heavy atom. The highest BCUT2D eigenvalue weighted by Gasteiger charge is 2.52. The zero-order chi connectivity index (χ0) is 21.3. The minimum Gasteiger partial charge on any atom is -0.346 e. The van der Waals surface area contributed by atoms with Crippen molar-refractivity contribution in [3.63, 3.8) is 0 Å². The van der Waals surface area contributed by atoms with Gasteiger partial charge in [0.25, 0.3) is 0 Å². The fourth-order valence-corrected chi connectivity index (χ4v) is 5.04. The second kappa shape index (κ2) is 11.4. The van der Waals surface area contributed by atoms with Crippen LogP contribution in [-0.4, -0.2) is 29.1 Å². The fourth-order valence-electron chi connectivity index (χ4n) is 5.04. The summed E-state index contributed by atoms with van der Waals surface area (Å²) in [5, 5.41) is 0. The predicted molar refractivity (Wildman–Crippen MR) is 119 cm³/mol. The first-order valence-electron chi connectivity index (χ1n) is 12.4. The summed E-state index contributed by atoms with van der Waals surface area (Å²) >= 11 is 0. The summed E-state index contributed by atoms with van der Waals surface area (Å²) in [6, 6.07) is 0. The van der Waals surface area contributed by atoms with Gasteiger partial charge in [-0.2, -0.15) is 0 Å². The van der Waals surface area contributed by atoms with Crippen molar-refractivity contribution in [2.45, 2.75) is 127 Å². The third kappa shape index (κ3) is 6.88. The van der Waals surface area contributed by atoms with E-state index in [0.29, 0.717) is 19.3 Å². The van der Waals surface area contributed by atoms with Gasteiger partial charge < -0.3 is 9.47 Å². The molecule has 2 spiro atoms. The molecule has 2 heterocycles. The Labute approximate surface area is 182 Å². The normalized spacial score (nSPS) is 27.6. The van der Waals surface area contributed by atoms with Crippen LogP contribution in [0.2, 0.25) is 0 Å². The second-order valence-corrected chi connectivity index (χ2v) is 9.52. The lowest BCUT2D eigenvalue weighted by Crippen LogP contribution is -2.46. The van der Waals surface area contributed by atoms with E-state index in [9.17, 15) is 9.59 Å². The van der Waals surface area contributed by atoms with Crippen molar-refractivity contribution in [3.8, 4) is 0 Å². The van der Waals surface area contributed by atoms with Crippen molar-refractivity contribution in [1.82, 2.24) is 0 Å². The minimum atomic E-state index is -0.799. The SMILES string of the molecule is CCCCCCCCCCCCC[C@@H]1CC(=O)C[C@]2(CCC3(C=CC(=O)C=C3)O2)O1. The first kappa shape index (κ1) is 23.4. The summed E-state index contributed by atoms with van der Waals surface area (Å²) in [4.78, 5) is 23.9. The van der Waals surface area contributed by atoms with Crippen molar-refractivity contribution in [2.24, 2.45) is 0 Å². The van der Waals surface area contributed by atoms with Crippen LogP contribution in [0.25, 0.3) is 0 Å². The Morgan fingerprint density at radius 1 is 0.867 bits per heavy atom. The van der Waals surface area contributed by atoms with E-state index in [-0.39, 0.29) is 17.7 Å². The highest BCUT2D eigenvalue weighted by atomic mass is 16.7. The Balaban J connectivity index is 1.32. The minimum absolute atomic E-state index is 0.0137. The lowest BCUT2D eigenvalue weighted by molar-refractivity contribution is -0.268. The number of Topliss-reactive ketones (excluding diaryl/α,β-unsaturated/α-hetero) is 1. The lowest BCUT2D eigenvalue weighted by atomic mass is 9.92. The van der Waals surface area contributed by atoms with Crippen LogP contribution in [0.3, 0.4) is 0 Å². The fraction of sp³-hybridized carbons (Fsp3) is 0.769. The molecule has 0 unspecified atom stereocenters. The van der Waals surface area contributed by atoms with E-state index < -0.39 is 11.4 Å². The van der Waals surface area contributed by atoms with Gasteiger partial charge in [-0.15, -0.1) is 0 Å². The van der Waals surface area contributed by atoms with Gasteiger partial charge in [-0.3, -0.25) is 9.59 Å². The van der Waals surface area contributed by atoms with E-state index in [2.05, 4.69) is 6.92 Å². The summed E-state index contributed by atoms with van der Waals surface area (Å²) in [6.07, 6.45) is 24.5. The van der Waals surface area contributed by atoms with Crippen LogP contribution in [0.4, 0.5) is 0 Å². The topological polar surface area (TPSA) is 52.6 Å². The maximum absolute atomic E-state index is 12.4. The first-order chi connectivity index (χ1) is 14.5. The van der Waals surface area contributed by atoms with Crippen LogP contribution in [0.15, 0.2) is 24.3 Å². The quantitative estimate of drug-likeness (QED) is 0.347. The van der Waals surface area contributed by atoms with Crippen molar-refractivity contribution in [1.29, 1.82) is 0 Å². The number of carbonyl (C=O) groups excluding carboxylic acids is 2. The van der Waals surface area contributed by atoms with Gasteiger partial charge in [-0.05, 0) is 37.1 Å². The smallest absolute Gasteiger partial charge is 0.178 e. The molecule has 0 amide bonds. The molecule has 2 atom stereocenters. The Bertz CT molecular complexity index is 619. The molecule has 0 aromatic carbocycles. The molecule has 2 saturated heterocycles. The molecule has 0 saturated carbocycles. The maximum Gasteiger partial charge on any atom is 0.178 e. The second-order valence-electron chi connectivity index (χ2n) is 9.52. The van der Waals surface area contributed by atoms with E-state index >= 15 is 0 Å². The van der Waals surface area contributed by atoms with Gasteiger partial charge in [0.05, 0.1) is 12.5 Å². The number of ketones is 2. The molecule has 0 aromatic rings. The van der Waals surface area contributed by atoms with E-state index in [1.165, 1.54) is 64.2 Å². The average Bonchev–Trinajstić information content (AvgIpc) is 3.05. The van der Waals surface area contributed by atoms with E-state index in [1.54, 1.807) is 12.2 Å². The summed E-state index contributed by atoms with van der Waals surface area (Å²) in [6.45, 7) is 2.26. The lowest BCUT2D eigenvalue weighted by Gasteiger charge is -2.39. The van der Waals surface area contributed by atoms with Gasteiger partial charge in [0.1, 0.15) is 11.4 Å². The number of carbonyl (C=O) groups is 2. The molecule has 2 aliphatic heterocycles. The largest absolute Gasteiger partial charge is 0.346 e. The molecule has 0 bridgehead atoms. The molecule has 0 aromatic heterocycles. The zero-order valence-electron chi connectivity index (χ0n) is 18.8. The van der Waals surface area contributed by atoms with Gasteiger partial charge in [0, 0.05) is 12.8 Å². The monoisotopic (exact) mass is 416 g/mol. The number of hydrogen-bond donors (Lipinski definition) is 0. The van der Waals surface area contributed by atoms with Crippen molar-refractivity contribution < 1.29 is 19.1 Å². The molecule has 3 aliphatic rings. The van der Waals surface area contributed by atoms with Gasteiger partial charge >= 0.3 is 0 Å². The average molecular weight is 417 g/mol. The molecule has 0 N–H and O–H groups in total. The number of rotatable bonds is 12. The van der Waals surface area contributed by atoms with Crippen LogP contribution in [0.5, 0.6) is 0 Å². The summed E-state index contributed by atoms with van der Waals surface area (Å²) in [7, 11) is 0. The summed E-state index contributed by atoms with van der Waals surface area (Å²) in [5.74, 6) is -0.571. The van der Waals surface area contributed by atoms with E-state index in [4.69, 9.17) is 9.47 Å². The molecule has 1 aliphatic carbocycles. The molecule has 4 nitrogen and oxygen atoms in total. The molecule has 0 radical (unpaired) electrons. The van der Waals surface area contributed by atoms with Crippen molar-refractivity contribution in [3.05, 3.63) is 24.3 Å². The third-order valence-electron chi connectivity index (χ3n) is 6.77. The first-order valence-corrected chi connectivity index (χ1v) is 12.4. The van der Waals surface area contributed by atoms with Crippen LogP contribution in [0.1, 0.15) is 110 Å².